The number of likely N-dealkylation sites (tertiary alicyclic amines) is 1. The third-order valence-electron chi connectivity index (χ3n) is 3.54. The SMILES string of the molecule is Cc1cc(C(=O)N2CCC[C@H](C)[C@H]2CN)n[nH]1. The van der Waals surface area contributed by atoms with Crippen LogP contribution in [0, 0.1) is 12.8 Å². The van der Waals surface area contributed by atoms with E-state index in [1.165, 1.54) is 0 Å². The van der Waals surface area contributed by atoms with Gasteiger partial charge in [-0.2, -0.15) is 5.10 Å². The molecular formula is C12H20N4O. The Morgan fingerprint density at radius 3 is 3.06 bits per heavy atom. The highest BCUT2D eigenvalue weighted by Gasteiger charge is 2.32. The van der Waals surface area contributed by atoms with Crippen molar-refractivity contribution in [2.45, 2.75) is 32.7 Å². The fraction of sp³-hybridized carbons (Fsp3) is 0.667. The number of hydrogen-bond donors (Lipinski definition) is 2. The summed E-state index contributed by atoms with van der Waals surface area (Å²) in [6, 6.07) is 1.93. The lowest BCUT2D eigenvalue weighted by Gasteiger charge is -2.39. The van der Waals surface area contributed by atoms with Gasteiger partial charge in [0.05, 0.1) is 0 Å². The standard InChI is InChI=1S/C12H20N4O/c1-8-4-3-5-16(11(8)7-13)12(17)10-6-9(2)14-15-10/h6,8,11H,3-5,7,13H2,1-2H3,(H,14,15)/t8-,11+/m0/s1. The highest BCUT2D eigenvalue weighted by molar-refractivity contribution is 5.92. The van der Waals surface area contributed by atoms with Crippen molar-refractivity contribution in [1.29, 1.82) is 0 Å². The highest BCUT2D eigenvalue weighted by atomic mass is 16.2. The average Bonchev–Trinajstić information content (AvgIpc) is 2.74. The van der Waals surface area contributed by atoms with Gasteiger partial charge in [0.1, 0.15) is 5.69 Å². The molecule has 0 aromatic carbocycles. The predicted molar refractivity (Wildman–Crippen MR) is 65.6 cm³/mol. The first-order valence-electron chi connectivity index (χ1n) is 6.16. The molecule has 1 aromatic heterocycles. The van der Waals surface area contributed by atoms with E-state index in [1.807, 2.05) is 11.8 Å². The van der Waals surface area contributed by atoms with Crippen molar-refractivity contribution in [2.24, 2.45) is 11.7 Å². The normalized spacial score (nSPS) is 25.0. The van der Waals surface area contributed by atoms with Crippen LogP contribution in [0.4, 0.5) is 0 Å². The molecule has 0 saturated carbocycles. The quantitative estimate of drug-likeness (QED) is 0.801. The summed E-state index contributed by atoms with van der Waals surface area (Å²) in [7, 11) is 0. The molecule has 2 heterocycles. The molecule has 0 spiro atoms. The summed E-state index contributed by atoms with van der Waals surface area (Å²) >= 11 is 0. The minimum absolute atomic E-state index is 0.00338. The number of carbonyl (C=O) groups is 1. The molecule has 1 aromatic rings. The second-order valence-electron chi connectivity index (χ2n) is 4.86. The number of nitrogens with two attached hydrogens (primary N) is 1. The zero-order valence-electron chi connectivity index (χ0n) is 10.4. The van der Waals surface area contributed by atoms with Gasteiger partial charge in [0.15, 0.2) is 0 Å². The molecule has 0 unspecified atom stereocenters. The number of amides is 1. The zero-order chi connectivity index (χ0) is 12.4. The average molecular weight is 236 g/mol. The molecule has 1 fully saturated rings. The summed E-state index contributed by atoms with van der Waals surface area (Å²) in [6.45, 7) is 5.36. The molecule has 3 N–H and O–H groups in total. The van der Waals surface area contributed by atoms with E-state index in [1.54, 1.807) is 6.07 Å². The van der Waals surface area contributed by atoms with Crippen LogP contribution < -0.4 is 5.73 Å². The van der Waals surface area contributed by atoms with Crippen molar-refractivity contribution in [3.8, 4) is 0 Å². The molecule has 0 radical (unpaired) electrons. The molecule has 1 aliphatic heterocycles. The number of nitrogens with zero attached hydrogens (tertiary/aromatic N) is 2. The minimum Gasteiger partial charge on any atom is -0.333 e. The molecular weight excluding hydrogens is 216 g/mol. The van der Waals surface area contributed by atoms with Crippen LogP contribution in [0.15, 0.2) is 6.07 Å². The first-order valence-corrected chi connectivity index (χ1v) is 6.16. The van der Waals surface area contributed by atoms with Crippen molar-refractivity contribution < 1.29 is 4.79 Å². The fourth-order valence-electron chi connectivity index (χ4n) is 2.54. The largest absolute Gasteiger partial charge is 0.333 e. The molecule has 1 saturated heterocycles. The van der Waals surface area contributed by atoms with Gasteiger partial charge >= 0.3 is 0 Å². The van der Waals surface area contributed by atoms with Gasteiger partial charge in [-0.25, -0.2) is 0 Å². The number of aryl methyl sites for hydroxylation is 1. The maximum absolute atomic E-state index is 12.3. The Kier molecular flexibility index (Phi) is 3.47. The van der Waals surface area contributed by atoms with Crippen molar-refractivity contribution >= 4 is 5.91 Å². The lowest BCUT2D eigenvalue weighted by molar-refractivity contribution is 0.0526. The van der Waals surface area contributed by atoms with Crippen molar-refractivity contribution in [3.05, 3.63) is 17.5 Å². The molecule has 5 heteroatoms. The van der Waals surface area contributed by atoms with E-state index in [0.29, 0.717) is 18.2 Å². The number of H-pyrrole nitrogens is 1. The van der Waals surface area contributed by atoms with Gasteiger partial charge in [-0.15, -0.1) is 0 Å². The van der Waals surface area contributed by atoms with Crippen molar-refractivity contribution in [1.82, 2.24) is 15.1 Å². The van der Waals surface area contributed by atoms with Crippen LogP contribution in [0.1, 0.15) is 35.9 Å². The van der Waals surface area contributed by atoms with Crippen LogP contribution in [0.2, 0.25) is 0 Å². The minimum atomic E-state index is -0.00338. The Bertz CT molecular complexity index is 401. The van der Waals surface area contributed by atoms with E-state index >= 15 is 0 Å². The predicted octanol–water partition coefficient (Wildman–Crippen LogP) is 0.918. The van der Waals surface area contributed by atoms with Crippen LogP contribution >= 0.6 is 0 Å². The lowest BCUT2D eigenvalue weighted by atomic mass is 9.90. The number of aromatic nitrogens is 2. The van der Waals surface area contributed by atoms with Gasteiger partial charge < -0.3 is 10.6 Å². The number of hydrogen-bond acceptors (Lipinski definition) is 3. The molecule has 5 nitrogen and oxygen atoms in total. The summed E-state index contributed by atoms with van der Waals surface area (Å²) in [6.07, 6.45) is 2.19. The molecule has 17 heavy (non-hydrogen) atoms. The van der Waals surface area contributed by atoms with E-state index < -0.39 is 0 Å². The fourth-order valence-corrected chi connectivity index (χ4v) is 2.54. The first kappa shape index (κ1) is 12.1. The van der Waals surface area contributed by atoms with Crippen molar-refractivity contribution in [3.63, 3.8) is 0 Å². The highest BCUT2D eigenvalue weighted by Crippen LogP contribution is 2.23. The molecule has 2 rings (SSSR count). The maximum atomic E-state index is 12.3. The Morgan fingerprint density at radius 1 is 1.71 bits per heavy atom. The molecule has 1 amide bonds. The van der Waals surface area contributed by atoms with Gasteiger partial charge in [0, 0.05) is 24.8 Å². The van der Waals surface area contributed by atoms with Gasteiger partial charge in [-0.05, 0) is 31.7 Å². The summed E-state index contributed by atoms with van der Waals surface area (Å²) in [4.78, 5) is 14.2. The Labute approximate surface area is 101 Å². The van der Waals surface area contributed by atoms with Crippen LogP contribution in [-0.4, -0.2) is 40.1 Å². The Hall–Kier alpha value is -1.36. The summed E-state index contributed by atoms with van der Waals surface area (Å²) < 4.78 is 0. The van der Waals surface area contributed by atoms with Gasteiger partial charge in [0.2, 0.25) is 0 Å². The van der Waals surface area contributed by atoms with Crippen LogP contribution in [0.25, 0.3) is 0 Å². The summed E-state index contributed by atoms with van der Waals surface area (Å²) in [5, 5.41) is 6.83. The Balaban J connectivity index is 2.17. The van der Waals surface area contributed by atoms with E-state index in [-0.39, 0.29) is 11.9 Å². The number of piperidine rings is 1. The van der Waals surface area contributed by atoms with Gasteiger partial charge in [-0.1, -0.05) is 6.92 Å². The van der Waals surface area contributed by atoms with Crippen LogP contribution in [0.5, 0.6) is 0 Å². The van der Waals surface area contributed by atoms with E-state index in [2.05, 4.69) is 17.1 Å². The smallest absolute Gasteiger partial charge is 0.274 e. The monoisotopic (exact) mass is 236 g/mol. The maximum Gasteiger partial charge on any atom is 0.274 e. The number of rotatable bonds is 2. The summed E-state index contributed by atoms with van der Waals surface area (Å²) in [5.41, 5.74) is 7.18. The third kappa shape index (κ3) is 2.34. The van der Waals surface area contributed by atoms with Gasteiger partial charge in [0.25, 0.3) is 5.91 Å². The molecule has 0 aliphatic carbocycles. The van der Waals surface area contributed by atoms with E-state index in [4.69, 9.17) is 5.73 Å². The number of carbonyl (C=O) groups excluding carboxylic acids is 1. The number of nitrogens with one attached hydrogen (secondary N) is 1. The molecule has 0 bridgehead atoms. The van der Waals surface area contributed by atoms with Crippen LogP contribution in [0.3, 0.4) is 0 Å². The Morgan fingerprint density at radius 2 is 2.47 bits per heavy atom. The molecule has 94 valence electrons. The first-order chi connectivity index (χ1) is 8.13. The van der Waals surface area contributed by atoms with Crippen molar-refractivity contribution in [2.75, 3.05) is 13.1 Å². The molecule has 2 atom stereocenters. The third-order valence-corrected chi connectivity index (χ3v) is 3.54. The van der Waals surface area contributed by atoms with E-state index in [0.717, 1.165) is 25.1 Å². The zero-order valence-corrected chi connectivity index (χ0v) is 10.4. The second-order valence-corrected chi connectivity index (χ2v) is 4.86. The number of aromatic amines is 1. The summed E-state index contributed by atoms with van der Waals surface area (Å²) in [5.74, 6) is 0.467. The second kappa shape index (κ2) is 4.87. The topological polar surface area (TPSA) is 75.0 Å². The van der Waals surface area contributed by atoms with E-state index in [9.17, 15) is 4.79 Å². The van der Waals surface area contributed by atoms with Gasteiger partial charge in [-0.3, -0.25) is 9.89 Å². The lowest BCUT2D eigenvalue weighted by Crippen LogP contribution is -2.51. The van der Waals surface area contributed by atoms with Crippen LogP contribution in [-0.2, 0) is 0 Å². The molecule has 1 aliphatic rings.